The summed E-state index contributed by atoms with van der Waals surface area (Å²) in [6, 6.07) is 10.7. The Kier molecular flexibility index (Phi) is 5.19. The second kappa shape index (κ2) is 6.70. The van der Waals surface area contributed by atoms with E-state index in [0.717, 1.165) is 12.5 Å². The summed E-state index contributed by atoms with van der Waals surface area (Å²) < 4.78 is 0. The van der Waals surface area contributed by atoms with Gasteiger partial charge in [-0.15, -0.1) is 0 Å². The average Bonchev–Trinajstić information content (AvgIpc) is 2.84. The molecular weight excluding hydrogens is 246 g/mol. The number of hydrogen-bond acceptors (Lipinski definition) is 3. The van der Waals surface area contributed by atoms with Crippen molar-refractivity contribution in [1.29, 1.82) is 0 Å². The molecule has 1 fully saturated rings. The monoisotopic (exact) mass is 275 g/mol. The van der Waals surface area contributed by atoms with Gasteiger partial charge < -0.3 is 15.5 Å². The van der Waals surface area contributed by atoms with Gasteiger partial charge in [-0.05, 0) is 38.5 Å². The number of likely N-dealkylation sites (tertiary alicyclic amines) is 1. The molecule has 20 heavy (non-hydrogen) atoms. The van der Waals surface area contributed by atoms with E-state index < -0.39 is 0 Å². The first-order valence-corrected chi connectivity index (χ1v) is 7.66. The summed E-state index contributed by atoms with van der Waals surface area (Å²) in [6.07, 6.45) is 1.32. The van der Waals surface area contributed by atoms with Crippen LogP contribution in [-0.4, -0.2) is 56.6 Å². The highest BCUT2D eigenvalue weighted by atomic mass is 15.2. The largest absolute Gasteiger partial charge is 0.330 e. The summed E-state index contributed by atoms with van der Waals surface area (Å²) in [7, 11) is 4.45. The molecule has 1 aliphatic rings. The van der Waals surface area contributed by atoms with E-state index in [2.05, 4.69) is 61.2 Å². The van der Waals surface area contributed by atoms with Gasteiger partial charge in [0.15, 0.2) is 0 Å². The van der Waals surface area contributed by atoms with Crippen LogP contribution in [0.25, 0.3) is 0 Å². The molecule has 1 aliphatic heterocycles. The van der Waals surface area contributed by atoms with Crippen molar-refractivity contribution in [3.8, 4) is 0 Å². The van der Waals surface area contributed by atoms with Crippen LogP contribution < -0.4 is 5.73 Å². The van der Waals surface area contributed by atoms with Crippen molar-refractivity contribution in [3.05, 3.63) is 35.9 Å². The molecule has 2 unspecified atom stereocenters. The lowest BCUT2D eigenvalue weighted by Gasteiger charge is -2.34. The van der Waals surface area contributed by atoms with E-state index >= 15 is 0 Å². The smallest absolute Gasteiger partial charge is 0.0174 e. The Hall–Kier alpha value is -0.900. The SMILES string of the molecule is CN1CCC(CN(C)CC(C)(CN)c2ccccc2)C1. The molecule has 0 aromatic heterocycles. The Labute approximate surface area is 123 Å². The molecule has 1 aromatic rings. The van der Waals surface area contributed by atoms with Gasteiger partial charge >= 0.3 is 0 Å². The number of rotatable bonds is 6. The summed E-state index contributed by atoms with van der Waals surface area (Å²) in [5.41, 5.74) is 7.47. The fourth-order valence-corrected chi connectivity index (χ4v) is 3.39. The number of hydrogen-bond donors (Lipinski definition) is 1. The Morgan fingerprint density at radius 1 is 1.35 bits per heavy atom. The zero-order valence-electron chi connectivity index (χ0n) is 13.2. The normalized spacial score (nSPS) is 23.1. The predicted molar refractivity (Wildman–Crippen MR) is 85.9 cm³/mol. The predicted octanol–water partition coefficient (Wildman–Crippen LogP) is 1.79. The van der Waals surface area contributed by atoms with Crippen molar-refractivity contribution in [3.63, 3.8) is 0 Å². The van der Waals surface area contributed by atoms with Gasteiger partial charge in [0.05, 0.1) is 0 Å². The second-order valence-corrected chi connectivity index (χ2v) is 6.74. The summed E-state index contributed by atoms with van der Waals surface area (Å²) in [4.78, 5) is 4.89. The Morgan fingerprint density at radius 3 is 2.60 bits per heavy atom. The molecule has 2 atom stereocenters. The highest BCUT2D eigenvalue weighted by Gasteiger charge is 2.28. The van der Waals surface area contributed by atoms with Crippen molar-refractivity contribution in [2.75, 3.05) is 46.8 Å². The first kappa shape index (κ1) is 15.5. The third kappa shape index (κ3) is 3.81. The minimum atomic E-state index is 0.0422. The summed E-state index contributed by atoms with van der Waals surface area (Å²) in [5.74, 6) is 0.808. The van der Waals surface area contributed by atoms with Crippen LogP contribution in [0.3, 0.4) is 0 Å². The van der Waals surface area contributed by atoms with Gasteiger partial charge in [-0.1, -0.05) is 37.3 Å². The summed E-state index contributed by atoms with van der Waals surface area (Å²) in [6.45, 7) is 7.63. The van der Waals surface area contributed by atoms with E-state index in [1.165, 1.54) is 31.6 Å². The van der Waals surface area contributed by atoms with E-state index in [0.29, 0.717) is 6.54 Å². The number of nitrogens with two attached hydrogens (primary N) is 1. The topological polar surface area (TPSA) is 32.5 Å². The maximum absolute atomic E-state index is 6.08. The zero-order chi connectivity index (χ0) is 14.6. The van der Waals surface area contributed by atoms with E-state index in [1.54, 1.807) is 0 Å². The van der Waals surface area contributed by atoms with Gasteiger partial charge in [-0.3, -0.25) is 0 Å². The van der Waals surface area contributed by atoms with Crippen molar-refractivity contribution >= 4 is 0 Å². The average molecular weight is 275 g/mol. The van der Waals surface area contributed by atoms with E-state index in [9.17, 15) is 0 Å². The molecule has 3 heteroatoms. The molecule has 1 heterocycles. The van der Waals surface area contributed by atoms with Crippen LogP contribution in [0.2, 0.25) is 0 Å². The van der Waals surface area contributed by atoms with Crippen LogP contribution >= 0.6 is 0 Å². The Balaban J connectivity index is 1.95. The molecule has 0 amide bonds. The quantitative estimate of drug-likeness (QED) is 0.859. The fraction of sp³-hybridized carbons (Fsp3) is 0.647. The Morgan fingerprint density at radius 2 is 2.05 bits per heavy atom. The lowest BCUT2D eigenvalue weighted by atomic mass is 9.82. The van der Waals surface area contributed by atoms with Gasteiger partial charge in [-0.2, -0.15) is 0 Å². The third-order valence-corrected chi connectivity index (χ3v) is 4.60. The van der Waals surface area contributed by atoms with E-state index in [-0.39, 0.29) is 5.41 Å². The number of nitrogens with zero attached hydrogens (tertiary/aromatic N) is 2. The number of likely N-dealkylation sites (N-methyl/N-ethyl adjacent to an activating group) is 1. The van der Waals surface area contributed by atoms with Crippen LogP contribution in [-0.2, 0) is 5.41 Å². The maximum atomic E-state index is 6.08. The van der Waals surface area contributed by atoms with E-state index in [4.69, 9.17) is 5.73 Å². The van der Waals surface area contributed by atoms with Crippen LogP contribution in [0.5, 0.6) is 0 Å². The van der Waals surface area contributed by atoms with Crippen LogP contribution in [0.15, 0.2) is 30.3 Å². The van der Waals surface area contributed by atoms with E-state index in [1.807, 2.05) is 0 Å². The molecule has 2 rings (SSSR count). The highest BCUT2D eigenvalue weighted by Crippen LogP contribution is 2.24. The van der Waals surface area contributed by atoms with Gasteiger partial charge in [0.25, 0.3) is 0 Å². The standard InChI is InChI=1S/C17H29N3/c1-17(13-18,16-7-5-4-6-8-16)14-20(3)12-15-9-10-19(2)11-15/h4-8,15H,9-14,18H2,1-3H3. The highest BCUT2D eigenvalue weighted by molar-refractivity contribution is 5.25. The molecular formula is C17H29N3. The Bertz CT molecular complexity index is 406. The molecule has 1 aromatic carbocycles. The molecule has 0 spiro atoms. The minimum absolute atomic E-state index is 0.0422. The van der Waals surface area contributed by atoms with Crippen molar-refractivity contribution in [2.24, 2.45) is 11.7 Å². The van der Waals surface area contributed by atoms with Gasteiger partial charge in [0, 0.05) is 31.6 Å². The van der Waals surface area contributed by atoms with Crippen LogP contribution in [0.4, 0.5) is 0 Å². The molecule has 2 N–H and O–H groups in total. The maximum Gasteiger partial charge on any atom is 0.0174 e. The first-order valence-electron chi connectivity index (χ1n) is 7.66. The summed E-state index contributed by atoms with van der Waals surface area (Å²) >= 11 is 0. The number of benzene rings is 1. The molecule has 1 saturated heterocycles. The first-order chi connectivity index (χ1) is 9.53. The lowest BCUT2D eigenvalue weighted by molar-refractivity contribution is 0.224. The van der Waals surface area contributed by atoms with Crippen LogP contribution in [0.1, 0.15) is 18.9 Å². The molecule has 0 saturated carbocycles. The fourth-order valence-electron chi connectivity index (χ4n) is 3.39. The lowest BCUT2D eigenvalue weighted by Crippen LogP contribution is -2.44. The molecule has 0 radical (unpaired) electrons. The van der Waals surface area contributed by atoms with Crippen LogP contribution in [0, 0.1) is 5.92 Å². The minimum Gasteiger partial charge on any atom is -0.330 e. The third-order valence-electron chi connectivity index (χ3n) is 4.60. The van der Waals surface area contributed by atoms with Gasteiger partial charge in [-0.25, -0.2) is 0 Å². The molecule has 0 aliphatic carbocycles. The van der Waals surface area contributed by atoms with Crippen molar-refractivity contribution in [1.82, 2.24) is 9.80 Å². The van der Waals surface area contributed by atoms with Gasteiger partial charge in [0.1, 0.15) is 0 Å². The zero-order valence-corrected chi connectivity index (χ0v) is 13.2. The second-order valence-electron chi connectivity index (χ2n) is 6.74. The summed E-state index contributed by atoms with van der Waals surface area (Å²) in [5, 5.41) is 0. The van der Waals surface area contributed by atoms with Crippen molar-refractivity contribution in [2.45, 2.75) is 18.8 Å². The molecule has 112 valence electrons. The van der Waals surface area contributed by atoms with Gasteiger partial charge in [0.2, 0.25) is 0 Å². The van der Waals surface area contributed by atoms with Crippen molar-refractivity contribution < 1.29 is 0 Å². The molecule has 3 nitrogen and oxygen atoms in total. The molecule has 0 bridgehead atoms.